The van der Waals surface area contributed by atoms with Gasteiger partial charge in [-0.25, -0.2) is 9.97 Å². The Morgan fingerprint density at radius 1 is 0.950 bits per heavy atom. The molecule has 0 radical (unpaired) electrons. The number of amides is 2. The Morgan fingerprint density at radius 3 is 2.52 bits per heavy atom. The molecule has 0 unspecified atom stereocenters. The highest BCUT2D eigenvalue weighted by molar-refractivity contribution is 6.12. The number of benzene rings is 3. The maximum Gasteiger partial charge on any atom is 0.259 e. The van der Waals surface area contributed by atoms with E-state index in [1.165, 1.54) is 7.11 Å². The summed E-state index contributed by atoms with van der Waals surface area (Å²) in [6, 6.07) is 18.3. The highest BCUT2D eigenvalue weighted by atomic mass is 35.5. The number of H-pyrrole nitrogens is 2. The van der Waals surface area contributed by atoms with Gasteiger partial charge in [-0.05, 0) is 50.2 Å². The van der Waals surface area contributed by atoms with Crippen LogP contribution in [0.5, 0.6) is 5.75 Å². The van der Waals surface area contributed by atoms with E-state index in [1.807, 2.05) is 50.2 Å². The van der Waals surface area contributed by atoms with Gasteiger partial charge in [0.2, 0.25) is 0 Å². The number of hydrogen-bond acceptors (Lipinski definition) is 5. The smallest absolute Gasteiger partial charge is 0.259 e. The Hall–Kier alpha value is -4.34. The van der Waals surface area contributed by atoms with Crippen molar-refractivity contribution < 1.29 is 14.3 Å². The van der Waals surface area contributed by atoms with Crippen LogP contribution in [0.4, 0.5) is 11.4 Å². The van der Waals surface area contributed by atoms with Gasteiger partial charge in [0.1, 0.15) is 22.9 Å². The number of ether oxygens (including phenoxy) is 1. The van der Waals surface area contributed by atoms with Crippen LogP contribution in [0.1, 0.15) is 38.1 Å². The molecule has 1 aliphatic rings. The largest absolute Gasteiger partial charge is 0.496 e. The lowest BCUT2D eigenvalue weighted by Gasteiger charge is -2.23. The van der Waals surface area contributed by atoms with E-state index < -0.39 is 0 Å². The maximum atomic E-state index is 13.8. The molecule has 0 spiro atoms. The molecule has 40 heavy (non-hydrogen) atoms. The summed E-state index contributed by atoms with van der Waals surface area (Å²) in [5.74, 6) is 1.39. The van der Waals surface area contributed by atoms with Crippen LogP contribution in [0.25, 0.3) is 22.3 Å². The molecule has 0 saturated carbocycles. The number of hydrogen-bond donors (Lipinski definition) is 3. The van der Waals surface area contributed by atoms with E-state index in [9.17, 15) is 9.59 Å². The summed E-state index contributed by atoms with van der Waals surface area (Å²) in [6.45, 7) is 4.27. The summed E-state index contributed by atoms with van der Waals surface area (Å²) in [5.41, 5.74) is 6.47. The Morgan fingerprint density at radius 2 is 1.73 bits per heavy atom. The van der Waals surface area contributed by atoms with Crippen LogP contribution < -0.4 is 15.0 Å². The van der Waals surface area contributed by atoms with Crippen molar-refractivity contribution in [3.8, 4) is 17.0 Å². The molecule has 3 heterocycles. The number of fused-ring (bicyclic) bond motifs is 4. The van der Waals surface area contributed by atoms with E-state index in [2.05, 4.69) is 25.3 Å². The van der Waals surface area contributed by atoms with Crippen molar-refractivity contribution in [2.45, 2.75) is 20.3 Å². The summed E-state index contributed by atoms with van der Waals surface area (Å²) in [7, 11) is 1.49. The lowest BCUT2D eigenvalue weighted by atomic mass is 10.1. The van der Waals surface area contributed by atoms with Crippen molar-refractivity contribution in [3.05, 3.63) is 89.1 Å². The zero-order valence-corrected chi connectivity index (χ0v) is 23.7. The van der Waals surface area contributed by atoms with Gasteiger partial charge < -0.3 is 24.9 Å². The monoisotopic (exact) mass is 578 g/mol. The summed E-state index contributed by atoms with van der Waals surface area (Å²) < 4.78 is 5.55. The van der Waals surface area contributed by atoms with Crippen molar-refractivity contribution in [1.29, 1.82) is 0 Å². The SMILES string of the molecule is COc1cc(C(=O)N2CCc3nc(C)[nH]c3-c3ccccc32)ccc1C(=O)Nc1cccc2[nH]c(C)nc12.Cl.Cl. The first-order valence-corrected chi connectivity index (χ1v) is 12.3. The molecule has 0 bridgehead atoms. The number of halogens is 2. The van der Waals surface area contributed by atoms with Crippen LogP contribution in [0, 0.1) is 13.8 Å². The van der Waals surface area contributed by atoms with Gasteiger partial charge >= 0.3 is 0 Å². The number of anilines is 2. The van der Waals surface area contributed by atoms with Crippen molar-refractivity contribution in [1.82, 2.24) is 19.9 Å². The number of imidazole rings is 2. The quantitative estimate of drug-likeness (QED) is 0.246. The molecular weight excluding hydrogens is 551 g/mol. The molecule has 11 heteroatoms. The fourth-order valence-electron chi connectivity index (χ4n) is 5.03. The van der Waals surface area contributed by atoms with Gasteiger partial charge in [0, 0.05) is 24.1 Å². The molecule has 0 saturated heterocycles. The van der Waals surface area contributed by atoms with Crippen LogP contribution in [-0.2, 0) is 6.42 Å². The highest BCUT2D eigenvalue weighted by Gasteiger charge is 2.27. The molecule has 0 aliphatic carbocycles. The van der Waals surface area contributed by atoms with Crippen molar-refractivity contribution in [3.63, 3.8) is 0 Å². The first-order valence-electron chi connectivity index (χ1n) is 12.3. The average molecular weight is 579 g/mol. The summed E-state index contributed by atoms with van der Waals surface area (Å²) in [5, 5.41) is 2.93. The van der Waals surface area contributed by atoms with Crippen LogP contribution in [0.2, 0.25) is 0 Å². The van der Waals surface area contributed by atoms with Crippen LogP contribution in [0.3, 0.4) is 0 Å². The van der Waals surface area contributed by atoms with Gasteiger partial charge in [0.25, 0.3) is 11.8 Å². The predicted molar refractivity (Wildman–Crippen MR) is 160 cm³/mol. The Kier molecular flexibility index (Phi) is 8.18. The molecule has 9 nitrogen and oxygen atoms in total. The number of nitrogens with zero attached hydrogens (tertiary/aromatic N) is 3. The molecule has 0 atom stereocenters. The normalized spacial score (nSPS) is 11.9. The van der Waals surface area contributed by atoms with E-state index in [0.29, 0.717) is 41.0 Å². The zero-order chi connectivity index (χ0) is 26.4. The Bertz CT molecular complexity index is 1730. The van der Waals surface area contributed by atoms with Gasteiger partial charge in [-0.15, -0.1) is 24.8 Å². The second kappa shape index (κ2) is 11.4. The van der Waals surface area contributed by atoms with Crippen LogP contribution in [-0.4, -0.2) is 45.4 Å². The number of rotatable bonds is 4. The molecule has 3 N–H and O–H groups in total. The maximum absolute atomic E-state index is 13.8. The predicted octanol–water partition coefficient (Wildman–Crippen LogP) is 5.88. The number of nitrogens with one attached hydrogen (secondary N) is 3. The molecule has 3 aromatic carbocycles. The average Bonchev–Trinajstić information content (AvgIpc) is 3.46. The van der Waals surface area contributed by atoms with Crippen molar-refractivity contribution in [2.75, 3.05) is 23.9 Å². The lowest BCUT2D eigenvalue weighted by Crippen LogP contribution is -2.32. The lowest BCUT2D eigenvalue weighted by molar-refractivity contribution is 0.0983. The minimum Gasteiger partial charge on any atom is -0.496 e. The minimum atomic E-state index is -0.353. The number of aromatic nitrogens is 4. The third kappa shape index (κ3) is 5.01. The second-order valence-electron chi connectivity index (χ2n) is 9.26. The highest BCUT2D eigenvalue weighted by Crippen LogP contribution is 2.36. The van der Waals surface area contributed by atoms with Crippen LogP contribution >= 0.6 is 24.8 Å². The standard InChI is InChI=1S/C29H26N6O3.2ClH/c1-16-31-23-13-14-35(24-10-5-4-7-19(24)26(23)32-16)29(37)18-11-12-20(25(15-18)38-3)28(36)34-22-9-6-8-21-27(22)33-17(2)30-21;;/h4-12,15H,13-14H2,1-3H3,(H,30,33)(H,31,32)(H,34,36);2*1H. The van der Waals surface area contributed by atoms with Gasteiger partial charge in [0.15, 0.2) is 0 Å². The van der Waals surface area contributed by atoms with E-state index in [4.69, 9.17) is 4.74 Å². The van der Waals surface area contributed by atoms with Gasteiger partial charge in [0.05, 0.1) is 41.0 Å². The Labute approximate surface area is 243 Å². The molecular formula is C29H28Cl2N6O3. The molecule has 2 aromatic heterocycles. The minimum absolute atomic E-state index is 0. The topological polar surface area (TPSA) is 116 Å². The fraction of sp³-hybridized carbons (Fsp3) is 0.172. The third-order valence-corrected chi connectivity index (χ3v) is 6.75. The van der Waals surface area contributed by atoms with E-state index in [1.54, 1.807) is 29.2 Å². The zero-order valence-electron chi connectivity index (χ0n) is 22.1. The number of aryl methyl sites for hydroxylation is 2. The number of aromatic amines is 2. The molecule has 5 aromatic rings. The summed E-state index contributed by atoms with van der Waals surface area (Å²) in [6.07, 6.45) is 0.621. The van der Waals surface area contributed by atoms with Gasteiger partial charge in [-0.3, -0.25) is 9.59 Å². The molecule has 0 fully saturated rings. The molecule has 6 rings (SSSR count). The van der Waals surface area contributed by atoms with E-state index >= 15 is 0 Å². The molecule has 1 aliphatic heterocycles. The first-order chi connectivity index (χ1) is 18.4. The van der Waals surface area contributed by atoms with E-state index in [0.717, 1.165) is 39.8 Å². The van der Waals surface area contributed by atoms with E-state index in [-0.39, 0.29) is 36.6 Å². The second-order valence-corrected chi connectivity index (χ2v) is 9.26. The first kappa shape index (κ1) is 28.7. The number of carbonyl (C=O) groups excluding carboxylic acids is 2. The number of para-hydroxylation sites is 2. The third-order valence-electron chi connectivity index (χ3n) is 6.75. The van der Waals surface area contributed by atoms with Gasteiger partial charge in [-0.1, -0.05) is 24.3 Å². The number of carbonyl (C=O) groups is 2. The summed E-state index contributed by atoms with van der Waals surface area (Å²) >= 11 is 0. The molecule has 206 valence electrons. The molecule has 2 amide bonds. The van der Waals surface area contributed by atoms with Crippen molar-refractivity contribution in [2.24, 2.45) is 0 Å². The Balaban J connectivity index is 0.00000185. The summed E-state index contributed by atoms with van der Waals surface area (Å²) in [4.78, 5) is 44.4. The van der Waals surface area contributed by atoms with Gasteiger partial charge in [-0.2, -0.15) is 0 Å². The van der Waals surface area contributed by atoms with Crippen molar-refractivity contribution >= 4 is 59.0 Å². The van der Waals surface area contributed by atoms with Crippen LogP contribution in [0.15, 0.2) is 60.7 Å². The number of methoxy groups -OCH3 is 1. The fourth-order valence-corrected chi connectivity index (χ4v) is 5.03.